The number of para-hydroxylation sites is 1. The van der Waals surface area contributed by atoms with Gasteiger partial charge < -0.3 is 10.1 Å². The molecule has 0 spiro atoms. The van der Waals surface area contributed by atoms with E-state index in [-0.39, 0.29) is 18.5 Å². The molecule has 3 aromatic carbocycles. The highest BCUT2D eigenvalue weighted by molar-refractivity contribution is 9.10. The number of carbonyl (C=O) groups is 2. The van der Waals surface area contributed by atoms with Gasteiger partial charge >= 0.3 is 0 Å². The molecule has 2 amide bonds. The van der Waals surface area contributed by atoms with Crippen LogP contribution in [-0.4, -0.2) is 18.0 Å². The molecule has 2 N–H and O–H groups in total. The molecule has 6 nitrogen and oxygen atoms in total. The molecule has 0 heterocycles. The van der Waals surface area contributed by atoms with Crippen LogP contribution in [0.4, 0.5) is 10.1 Å². The minimum atomic E-state index is -0.532. The van der Waals surface area contributed by atoms with Crippen LogP contribution in [0.1, 0.15) is 24.0 Å². The molecular weight excluding hydrogens is 557 g/mol. The molecule has 0 aliphatic heterocycles. The molecule has 0 fully saturated rings. The van der Waals surface area contributed by atoms with Gasteiger partial charge in [0.1, 0.15) is 18.2 Å². The fourth-order valence-corrected chi connectivity index (χ4v) is 3.47. The zero-order valence-corrected chi connectivity index (χ0v) is 20.5. The first-order valence-corrected chi connectivity index (χ1v) is 11.5. The Morgan fingerprint density at radius 2 is 1.70 bits per heavy atom. The van der Waals surface area contributed by atoms with E-state index in [0.29, 0.717) is 12.4 Å². The topological polar surface area (TPSA) is 79.8 Å². The molecular formula is C24H20Br2FN3O3. The number of hydrazone groups is 1. The highest BCUT2D eigenvalue weighted by Crippen LogP contribution is 2.26. The van der Waals surface area contributed by atoms with E-state index in [4.69, 9.17) is 4.74 Å². The van der Waals surface area contributed by atoms with E-state index >= 15 is 0 Å². The van der Waals surface area contributed by atoms with Crippen molar-refractivity contribution in [3.05, 3.63) is 92.6 Å². The Balaban J connectivity index is 1.43. The van der Waals surface area contributed by atoms with Gasteiger partial charge in [0, 0.05) is 17.3 Å². The number of nitrogens with one attached hydrogen (secondary N) is 2. The van der Waals surface area contributed by atoms with Gasteiger partial charge in [0.25, 0.3) is 0 Å². The van der Waals surface area contributed by atoms with E-state index in [1.165, 1.54) is 24.4 Å². The summed E-state index contributed by atoms with van der Waals surface area (Å²) in [7, 11) is 0. The maximum absolute atomic E-state index is 13.5. The summed E-state index contributed by atoms with van der Waals surface area (Å²) >= 11 is 6.88. The average molecular weight is 577 g/mol. The normalized spacial score (nSPS) is 10.8. The Morgan fingerprint density at radius 1 is 0.970 bits per heavy atom. The number of carbonyl (C=O) groups excluding carboxylic acids is 2. The fourth-order valence-electron chi connectivity index (χ4n) is 2.69. The first-order chi connectivity index (χ1) is 15.9. The van der Waals surface area contributed by atoms with Gasteiger partial charge in [0.15, 0.2) is 0 Å². The predicted octanol–water partition coefficient (Wildman–Crippen LogP) is 5.80. The molecule has 0 saturated carbocycles. The van der Waals surface area contributed by atoms with Crippen molar-refractivity contribution >= 4 is 55.6 Å². The predicted molar refractivity (Wildman–Crippen MR) is 133 cm³/mol. The summed E-state index contributed by atoms with van der Waals surface area (Å²) in [4.78, 5) is 23.8. The van der Waals surface area contributed by atoms with Crippen molar-refractivity contribution in [3.63, 3.8) is 0 Å². The molecule has 33 heavy (non-hydrogen) atoms. The van der Waals surface area contributed by atoms with Crippen molar-refractivity contribution in [2.24, 2.45) is 5.10 Å². The summed E-state index contributed by atoms with van der Waals surface area (Å²) in [6, 6.07) is 19.1. The number of benzene rings is 3. The van der Waals surface area contributed by atoms with E-state index in [1.54, 1.807) is 18.2 Å². The zero-order valence-electron chi connectivity index (χ0n) is 17.4. The lowest BCUT2D eigenvalue weighted by atomic mass is 10.2. The number of rotatable bonds is 9. The Bertz CT molecular complexity index is 1150. The highest BCUT2D eigenvalue weighted by Gasteiger charge is 2.09. The second-order valence-electron chi connectivity index (χ2n) is 6.93. The van der Waals surface area contributed by atoms with Crippen LogP contribution in [-0.2, 0) is 16.2 Å². The third-order valence-corrected chi connectivity index (χ3v) is 5.54. The first-order valence-electron chi connectivity index (χ1n) is 9.94. The Hall–Kier alpha value is -3.04. The monoisotopic (exact) mass is 575 g/mol. The molecule has 170 valence electrons. The largest absolute Gasteiger partial charge is 0.488 e. The number of hydrogen-bond acceptors (Lipinski definition) is 4. The number of nitrogens with zero attached hydrogens (tertiary/aromatic N) is 1. The SMILES string of the molecule is O=C(CCC(=O)Nc1ccccc1F)NN=Cc1ccc(OCc2ccc(Br)cc2)c(Br)c1. The summed E-state index contributed by atoms with van der Waals surface area (Å²) in [5, 5.41) is 6.34. The molecule has 0 aliphatic rings. The zero-order chi connectivity index (χ0) is 23.6. The third-order valence-electron chi connectivity index (χ3n) is 4.39. The van der Waals surface area contributed by atoms with Gasteiger partial charge in [0.05, 0.1) is 16.4 Å². The van der Waals surface area contributed by atoms with Crippen LogP contribution in [0.25, 0.3) is 0 Å². The second-order valence-corrected chi connectivity index (χ2v) is 8.70. The van der Waals surface area contributed by atoms with E-state index < -0.39 is 17.6 Å². The molecule has 0 aromatic heterocycles. The van der Waals surface area contributed by atoms with Crippen LogP contribution in [0.2, 0.25) is 0 Å². The van der Waals surface area contributed by atoms with E-state index in [1.807, 2.05) is 30.3 Å². The molecule has 0 saturated heterocycles. The molecule has 9 heteroatoms. The molecule has 0 unspecified atom stereocenters. The summed E-state index contributed by atoms with van der Waals surface area (Å²) in [6.07, 6.45) is 1.32. The lowest BCUT2D eigenvalue weighted by Gasteiger charge is -2.09. The van der Waals surface area contributed by atoms with Crippen molar-refractivity contribution < 1.29 is 18.7 Å². The number of ether oxygens (including phenoxy) is 1. The smallest absolute Gasteiger partial charge is 0.240 e. The lowest BCUT2D eigenvalue weighted by Crippen LogP contribution is -2.20. The maximum atomic E-state index is 13.5. The highest BCUT2D eigenvalue weighted by atomic mass is 79.9. The number of hydrogen-bond donors (Lipinski definition) is 2. The number of halogens is 3. The molecule has 3 aromatic rings. The van der Waals surface area contributed by atoms with Crippen LogP contribution in [0, 0.1) is 5.82 Å². The molecule has 0 aliphatic carbocycles. The van der Waals surface area contributed by atoms with Crippen LogP contribution in [0.3, 0.4) is 0 Å². The summed E-state index contributed by atoms with van der Waals surface area (Å²) < 4.78 is 21.1. The Labute approximate surface area is 207 Å². The Morgan fingerprint density at radius 3 is 2.42 bits per heavy atom. The minimum Gasteiger partial charge on any atom is -0.488 e. The molecule has 0 atom stereocenters. The van der Waals surface area contributed by atoms with Gasteiger partial charge in [-0.25, -0.2) is 9.82 Å². The minimum absolute atomic E-state index is 0.0792. The second kappa shape index (κ2) is 12.3. The molecule has 0 radical (unpaired) electrons. The van der Waals surface area contributed by atoms with Crippen molar-refractivity contribution in [2.45, 2.75) is 19.4 Å². The van der Waals surface area contributed by atoms with Crippen LogP contribution in [0.5, 0.6) is 5.75 Å². The van der Waals surface area contributed by atoms with E-state index in [0.717, 1.165) is 20.1 Å². The maximum Gasteiger partial charge on any atom is 0.240 e. The number of anilines is 1. The average Bonchev–Trinajstić information content (AvgIpc) is 2.80. The molecule has 0 bridgehead atoms. The standard InChI is InChI=1S/C24H20Br2FN3O3/c25-18-8-5-16(6-9-18)15-33-22-10-7-17(13-19(22)26)14-28-30-24(32)12-11-23(31)29-21-4-2-1-3-20(21)27/h1-10,13-14H,11-12,15H2,(H,29,31)(H,30,32). The van der Waals surface area contributed by atoms with Crippen LogP contribution in [0.15, 0.2) is 80.8 Å². The summed E-state index contributed by atoms with van der Waals surface area (Å²) in [6.45, 7) is 0.430. The van der Waals surface area contributed by atoms with Gasteiger partial charge in [-0.3, -0.25) is 9.59 Å². The Kier molecular flexibility index (Phi) is 9.14. The van der Waals surface area contributed by atoms with Crippen molar-refractivity contribution in [1.82, 2.24) is 5.43 Å². The van der Waals surface area contributed by atoms with Crippen molar-refractivity contribution in [1.29, 1.82) is 0 Å². The molecule has 3 rings (SSSR count). The van der Waals surface area contributed by atoms with Crippen molar-refractivity contribution in [2.75, 3.05) is 5.32 Å². The number of amides is 2. The van der Waals surface area contributed by atoms with Crippen molar-refractivity contribution in [3.8, 4) is 5.75 Å². The van der Waals surface area contributed by atoms with Gasteiger partial charge in [-0.05, 0) is 69.5 Å². The summed E-state index contributed by atoms with van der Waals surface area (Å²) in [5.74, 6) is -0.735. The van der Waals surface area contributed by atoms with E-state index in [9.17, 15) is 14.0 Å². The first kappa shape index (κ1) is 24.6. The lowest BCUT2D eigenvalue weighted by molar-refractivity contribution is -0.124. The van der Waals surface area contributed by atoms with Gasteiger partial charge in [-0.1, -0.05) is 40.2 Å². The van der Waals surface area contributed by atoms with Crippen LogP contribution < -0.4 is 15.5 Å². The fraction of sp³-hybridized carbons (Fsp3) is 0.125. The third kappa shape index (κ3) is 8.11. The van der Waals surface area contributed by atoms with Gasteiger partial charge in [-0.2, -0.15) is 5.10 Å². The van der Waals surface area contributed by atoms with Crippen LogP contribution >= 0.6 is 31.9 Å². The van der Waals surface area contributed by atoms with Gasteiger partial charge in [-0.15, -0.1) is 0 Å². The van der Waals surface area contributed by atoms with Gasteiger partial charge in [0.2, 0.25) is 11.8 Å². The van der Waals surface area contributed by atoms with E-state index in [2.05, 4.69) is 47.7 Å². The summed E-state index contributed by atoms with van der Waals surface area (Å²) in [5.41, 5.74) is 4.24. The quantitative estimate of drug-likeness (QED) is 0.250.